The number of hydrogen-bond donors (Lipinski definition) is 4. The molecule has 0 heterocycles. The Morgan fingerprint density at radius 2 is 1.53 bits per heavy atom. The summed E-state index contributed by atoms with van der Waals surface area (Å²) in [6.45, 7) is 4.29. The van der Waals surface area contributed by atoms with Gasteiger partial charge in [-0.3, -0.25) is 9.59 Å². The van der Waals surface area contributed by atoms with Crippen LogP contribution in [0.1, 0.15) is 55.6 Å². The summed E-state index contributed by atoms with van der Waals surface area (Å²) in [6, 6.07) is 10.4. The van der Waals surface area contributed by atoms with E-state index in [1.807, 2.05) is 0 Å². The minimum absolute atomic E-state index is 0.0171. The van der Waals surface area contributed by atoms with E-state index in [-0.39, 0.29) is 23.4 Å². The lowest BCUT2D eigenvalue weighted by Crippen LogP contribution is -2.66. The van der Waals surface area contributed by atoms with Crippen LogP contribution < -0.4 is 4.90 Å². The van der Waals surface area contributed by atoms with Crippen molar-refractivity contribution < 1.29 is 34.5 Å². The zero-order chi connectivity index (χ0) is 25.8. The Balaban J connectivity index is 2.70. The number of quaternary nitrogens is 1. The number of benzene rings is 2. The summed E-state index contributed by atoms with van der Waals surface area (Å²) in [6.07, 6.45) is -4.10. The maximum Gasteiger partial charge on any atom is 0.303 e. The van der Waals surface area contributed by atoms with Gasteiger partial charge in [-0.15, -0.1) is 0 Å². The number of nitrogens with zero attached hydrogens (tertiary/aromatic N) is 2. The van der Waals surface area contributed by atoms with Gasteiger partial charge in [-0.05, 0) is 24.3 Å². The van der Waals surface area contributed by atoms with Gasteiger partial charge in [-0.25, -0.2) is 4.48 Å². The number of aliphatic carboxylic acids is 1. The van der Waals surface area contributed by atoms with Gasteiger partial charge in [0, 0.05) is 44.8 Å². The van der Waals surface area contributed by atoms with Gasteiger partial charge in [0.25, 0.3) is 5.91 Å². The van der Waals surface area contributed by atoms with E-state index >= 15 is 0 Å². The minimum atomic E-state index is -1.27. The van der Waals surface area contributed by atoms with Crippen molar-refractivity contribution in [3.8, 4) is 0 Å². The highest BCUT2D eigenvalue weighted by molar-refractivity contribution is 6.37. The molecule has 0 saturated heterocycles. The summed E-state index contributed by atoms with van der Waals surface area (Å²) in [4.78, 5) is 26.1. The van der Waals surface area contributed by atoms with Crippen LogP contribution in [-0.4, -0.2) is 62.5 Å². The highest BCUT2D eigenvalue weighted by Crippen LogP contribution is 2.43. The van der Waals surface area contributed by atoms with Crippen molar-refractivity contribution in [2.45, 2.75) is 58.3 Å². The number of hydrogen-bond acceptors (Lipinski definition) is 5. The molecule has 34 heavy (non-hydrogen) atoms. The van der Waals surface area contributed by atoms with E-state index in [4.69, 9.17) is 23.2 Å². The van der Waals surface area contributed by atoms with Crippen LogP contribution >= 0.6 is 23.2 Å². The molecule has 0 aliphatic rings. The van der Waals surface area contributed by atoms with E-state index < -0.39 is 41.1 Å². The second-order valence-electron chi connectivity index (χ2n) is 8.29. The SMILES string of the molecule is CC(O)[N+](C(C)O)(C(C)O)C(CCC(=O)O)c1ccccc1N(C)C(=O)c1ccc(Cl)cc1Cl. The molecule has 2 aromatic carbocycles. The zero-order valence-corrected chi connectivity index (χ0v) is 21.0. The highest BCUT2D eigenvalue weighted by atomic mass is 35.5. The first-order valence-electron chi connectivity index (χ1n) is 10.8. The van der Waals surface area contributed by atoms with Gasteiger partial charge < -0.3 is 25.3 Å². The van der Waals surface area contributed by atoms with Crippen LogP contribution in [0.25, 0.3) is 0 Å². The number of aliphatic hydroxyl groups excluding tert-OH is 3. The van der Waals surface area contributed by atoms with Gasteiger partial charge in [-0.2, -0.15) is 0 Å². The number of carboxylic acid groups (broad SMARTS) is 1. The molecule has 0 fully saturated rings. The maximum absolute atomic E-state index is 13.3. The molecule has 2 rings (SSSR count). The molecule has 0 aromatic heterocycles. The van der Waals surface area contributed by atoms with Crippen molar-refractivity contribution in [1.29, 1.82) is 0 Å². The topological polar surface area (TPSA) is 118 Å². The summed E-state index contributed by atoms with van der Waals surface area (Å²) in [5.74, 6) is -1.50. The monoisotopic (exact) mass is 513 g/mol. The average Bonchev–Trinajstić information content (AvgIpc) is 2.74. The van der Waals surface area contributed by atoms with E-state index in [0.29, 0.717) is 16.3 Å². The number of carbonyl (C=O) groups excluding carboxylic acids is 1. The first kappa shape index (κ1) is 28.0. The van der Waals surface area contributed by atoms with Crippen molar-refractivity contribution in [2.75, 3.05) is 11.9 Å². The van der Waals surface area contributed by atoms with Crippen LogP contribution in [0.3, 0.4) is 0 Å². The number of anilines is 1. The van der Waals surface area contributed by atoms with Gasteiger partial charge in [-0.1, -0.05) is 41.4 Å². The number of carboxylic acids is 1. The lowest BCUT2D eigenvalue weighted by Gasteiger charge is -2.51. The van der Waals surface area contributed by atoms with Crippen LogP contribution in [0.5, 0.6) is 0 Å². The first-order valence-corrected chi connectivity index (χ1v) is 11.6. The Hall–Kier alpha value is -2.20. The largest absolute Gasteiger partial charge is 0.481 e. The first-order chi connectivity index (χ1) is 15.8. The molecule has 10 heteroatoms. The standard InChI is InChI=1S/C24H30Cl2N2O6/c1-14(29)28(15(2)30,16(3)31)22(11-12-23(32)33)19-7-5-6-8-21(19)27(4)24(34)18-10-9-17(25)13-20(18)26/h5-10,13-16,22,29-31H,11-12H2,1-4H3/p+1. The number of amides is 1. The molecule has 0 aliphatic heterocycles. The summed E-state index contributed by atoms with van der Waals surface area (Å²) in [7, 11) is 1.54. The smallest absolute Gasteiger partial charge is 0.303 e. The third-order valence-electron chi connectivity index (χ3n) is 6.24. The van der Waals surface area contributed by atoms with Crippen LogP contribution in [-0.2, 0) is 4.79 Å². The Bertz CT molecular complexity index is 1010. The van der Waals surface area contributed by atoms with Crippen molar-refractivity contribution in [1.82, 2.24) is 0 Å². The molecule has 2 aromatic rings. The lowest BCUT2D eigenvalue weighted by molar-refractivity contribution is -1.06. The van der Waals surface area contributed by atoms with E-state index in [1.54, 1.807) is 37.4 Å². The molecule has 1 amide bonds. The molecule has 4 N–H and O–H groups in total. The molecule has 0 aliphatic carbocycles. The van der Waals surface area contributed by atoms with E-state index in [1.165, 1.54) is 37.8 Å². The summed E-state index contributed by atoms with van der Waals surface area (Å²) < 4.78 is -0.631. The average molecular weight is 514 g/mol. The van der Waals surface area contributed by atoms with Crippen LogP contribution in [0.2, 0.25) is 10.0 Å². The molecular weight excluding hydrogens is 483 g/mol. The molecular formula is C24H31Cl2N2O6+. The van der Waals surface area contributed by atoms with Crippen LogP contribution in [0.15, 0.2) is 42.5 Å². The summed E-state index contributed by atoms with van der Waals surface area (Å²) in [5, 5.41) is 42.2. The minimum Gasteiger partial charge on any atom is -0.481 e. The fraction of sp³-hybridized carbons (Fsp3) is 0.417. The summed E-state index contributed by atoms with van der Waals surface area (Å²) in [5.41, 5.74) is 1.11. The van der Waals surface area contributed by atoms with E-state index in [2.05, 4.69) is 0 Å². The van der Waals surface area contributed by atoms with Gasteiger partial charge in [0.1, 0.15) is 6.04 Å². The summed E-state index contributed by atoms with van der Waals surface area (Å²) >= 11 is 12.2. The molecule has 0 saturated carbocycles. The number of para-hydroxylation sites is 1. The third kappa shape index (κ3) is 5.54. The Morgan fingerprint density at radius 3 is 2.03 bits per heavy atom. The Morgan fingerprint density at radius 1 is 0.971 bits per heavy atom. The van der Waals surface area contributed by atoms with Crippen molar-refractivity contribution in [3.05, 3.63) is 63.6 Å². The quantitative estimate of drug-likeness (QED) is 0.281. The van der Waals surface area contributed by atoms with Crippen molar-refractivity contribution >= 4 is 40.8 Å². The van der Waals surface area contributed by atoms with Gasteiger partial charge in [0.15, 0.2) is 18.7 Å². The second kappa shape index (κ2) is 11.5. The normalized spacial score (nSPS) is 16.7. The highest BCUT2D eigenvalue weighted by Gasteiger charge is 2.50. The van der Waals surface area contributed by atoms with Crippen molar-refractivity contribution in [3.63, 3.8) is 0 Å². The van der Waals surface area contributed by atoms with Crippen molar-refractivity contribution in [2.24, 2.45) is 0 Å². The molecule has 0 radical (unpaired) electrons. The van der Waals surface area contributed by atoms with E-state index in [0.717, 1.165) is 0 Å². The fourth-order valence-corrected chi connectivity index (χ4v) is 5.12. The molecule has 4 atom stereocenters. The zero-order valence-electron chi connectivity index (χ0n) is 19.5. The molecule has 4 unspecified atom stereocenters. The van der Waals surface area contributed by atoms with Gasteiger partial charge >= 0.3 is 5.97 Å². The molecule has 186 valence electrons. The number of carbonyl (C=O) groups is 2. The lowest BCUT2D eigenvalue weighted by atomic mass is 9.93. The van der Waals surface area contributed by atoms with Gasteiger partial charge in [0.05, 0.1) is 22.7 Å². The van der Waals surface area contributed by atoms with Crippen LogP contribution in [0.4, 0.5) is 5.69 Å². The predicted octanol–water partition coefficient (Wildman–Crippen LogP) is 4.01. The third-order valence-corrected chi connectivity index (χ3v) is 6.78. The van der Waals surface area contributed by atoms with Crippen LogP contribution in [0, 0.1) is 0 Å². The number of aliphatic hydroxyl groups is 3. The molecule has 8 nitrogen and oxygen atoms in total. The maximum atomic E-state index is 13.3. The number of halogens is 2. The van der Waals surface area contributed by atoms with E-state index in [9.17, 15) is 30.0 Å². The Labute approximate surface area is 209 Å². The number of rotatable bonds is 10. The second-order valence-corrected chi connectivity index (χ2v) is 9.13. The predicted molar refractivity (Wildman–Crippen MR) is 131 cm³/mol. The van der Waals surface area contributed by atoms with Gasteiger partial charge in [0.2, 0.25) is 0 Å². The fourth-order valence-electron chi connectivity index (χ4n) is 4.63. The Kier molecular flexibility index (Phi) is 9.47. The molecule has 0 bridgehead atoms. The molecule has 0 spiro atoms.